The van der Waals surface area contributed by atoms with Gasteiger partial charge in [0.1, 0.15) is 0 Å². The molecule has 5 nitrogen and oxygen atoms in total. The molecule has 0 radical (unpaired) electrons. The van der Waals surface area contributed by atoms with Gasteiger partial charge in [-0.1, -0.05) is 12.0 Å². The van der Waals surface area contributed by atoms with Gasteiger partial charge in [-0.25, -0.2) is 0 Å². The Hall–Kier alpha value is -0.770. The lowest BCUT2D eigenvalue weighted by Gasteiger charge is -2.28. The Bertz CT molecular complexity index is 198. The van der Waals surface area contributed by atoms with Gasteiger partial charge in [0.2, 0.25) is 0 Å². The molecule has 5 heteroatoms. The number of hydrogen-bond donors (Lipinski definition) is 0. The van der Waals surface area contributed by atoms with E-state index in [1.807, 2.05) is 0 Å². The number of azide groups is 1. The number of nitrogens with zero attached hydrogens (tertiary/aromatic N) is 3. The summed E-state index contributed by atoms with van der Waals surface area (Å²) < 4.78 is 10.9. The van der Waals surface area contributed by atoms with Crippen molar-refractivity contribution >= 4 is 0 Å². The van der Waals surface area contributed by atoms with Gasteiger partial charge in [-0.05, 0) is 24.8 Å². The molecule has 1 saturated heterocycles. The molecule has 0 aromatic rings. The summed E-state index contributed by atoms with van der Waals surface area (Å²) >= 11 is 0. The number of hydrogen-bond acceptors (Lipinski definition) is 3. The monoisotopic (exact) mass is 199 g/mol. The van der Waals surface area contributed by atoms with Crippen LogP contribution in [0.15, 0.2) is 5.11 Å². The molecule has 0 aromatic heterocycles. The van der Waals surface area contributed by atoms with Crippen molar-refractivity contribution in [3.05, 3.63) is 10.4 Å². The van der Waals surface area contributed by atoms with Gasteiger partial charge in [0.05, 0.1) is 13.2 Å². The quantitative estimate of drug-likeness (QED) is 0.295. The zero-order valence-electron chi connectivity index (χ0n) is 8.56. The maximum atomic E-state index is 8.09. The first-order valence-electron chi connectivity index (χ1n) is 5.08. The van der Waals surface area contributed by atoms with Crippen molar-refractivity contribution in [2.75, 3.05) is 19.8 Å². The molecular weight excluding hydrogens is 182 g/mol. The van der Waals surface area contributed by atoms with Crippen LogP contribution in [-0.2, 0) is 9.47 Å². The molecule has 0 saturated carbocycles. The number of rotatable bonds is 5. The third-order valence-corrected chi connectivity index (χ3v) is 2.30. The highest BCUT2D eigenvalue weighted by Gasteiger charge is 2.20. The van der Waals surface area contributed by atoms with Crippen LogP contribution in [0.1, 0.15) is 26.2 Å². The van der Waals surface area contributed by atoms with Crippen LogP contribution < -0.4 is 0 Å². The topological polar surface area (TPSA) is 67.2 Å². The van der Waals surface area contributed by atoms with Crippen molar-refractivity contribution in [1.29, 1.82) is 0 Å². The predicted octanol–water partition coefficient (Wildman–Crippen LogP) is 2.48. The zero-order valence-corrected chi connectivity index (χ0v) is 8.56. The van der Waals surface area contributed by atoms with Gasteiger partial charge < -0.3 is 9.47 Å². The van der Waals surface area contributed by atoms with Gasteiger partial charge in [0, 0.05) is 17.4 Å². The lowest BCUT2D eigenvalue weighted by molar-refractivity contribution is -0.203. The Labute approximate surface area is 84.0 Å². The average Bonchev–Trinajstić information content (AvgIpc) is 2.25. The standard InChI is InChI=1S/C9H17N3O2/c1-8(4-2-5-11-12-10)9-13-6-3-7-14-9/h8-9H,2-7H2,1H3. The maximum Gasteiger partial charge on any atom is 0.160 e. The van der Waals surface area contributed by atoms with Crippen LogP contribution in [0.25, 0.3) is 10.4 Å². The minimum absolute atomic E-state index is 0.0604. The van der Waals surface area contributed by atoms with Gasteiger partial charge in [-0.15, -0.1) is 0 Å². The summed E-state index contributed by atoms with van der Waals surface area (Å²) in [6, 6.07) is 0. The van der Waals surface area contributed by atoms with Crippen molar-refractivity contribution < 1.29 is 9.47 Å². The third-order valence-electron chi connectivity index (χ3n) is 2.30. The largest absolute Gasteiger partial charge is 0.352 e. The van der Waals surface area contributed by atoms with Gasteiger partial charge in [-0.2, -0.15) is 0 Å². The van der Waals surface area contributed by atoms with E-state index < -0.39 is 0 Å². The Balaban J connectivity index is 2.12. The molecule has 1 aliphatic heterocycles. The SMILES string of the molecule is CC(CCCN=[N+]=[N-])C1OCCCO1. The minimum Gasteiger partial charge on any atom is -0.352 e. The zero-order chi connectivity index (χ0) is 10.2. The van der Waals surface area contributed by atoms with E-state index in [4.69, 9.17) is 15.0 Å². The van der Waals surface area contributed by atoms with Crippen LogP contribution in [0.5, 0.6) is 0 Å². The fourth-order valence-corrected chi connectivity index (χ4v) is 1.50. The molecule has 0 bridgehead atoms. The van der Waals surface area contributed by atoms with E-state index in [1.165, 1.54) is 0 Å². The summed E-state index contributed by atoms with van der Waals surface area (Å²) in [4.78, 5) is 2.71. The van der Waals surface area contributed by atoms with Crippen LogP contribution in [-0.4, -0.2) is 26.0 Å². The molecule has 1 fully saturated rings. The summed E-state index contributed by atoms with van der Waals surface area (Å²) in [5.41, 5.74) is 8.09. The second kappa shape index (κ2) is 6.65. The summed E-state index contributed by atoms with van der Waals surface area (Å²) in [7, 11) is 0. The first-order valence-corrected chi connectivity index (χ1v) is 5.08. The van der Waals surface area contributed by atoms with Crippen LogP contribution in [0.4, 0.5) is 0 Å². The van der Waals surface area contributed by atoms with Crippen LogP contribution in [0.3, 0.4) is 0 Å². The second-order valence-electron chi connectivity index (χ2n) is 3.54. The molecule has 1 heterocycles. The Kier molecular flexibility index (Phi) is 5.37. The molecule has 0 N–H and O–H groups in total. The van der Waals surface area contributed by atoms with Crippen LogP contribution in [0, 0.1) is 5.92 Å². The van der Waals surface area contributed by atoms with E-state index in [-0.39, 0.29) is 6.29 Å². The summed E-state index contributed by atoms with van der Waals surface area (Å²) in [6.45, 7) is 4.26. The molecule has 0 aliphatic carbocycles. The van der Waals surface area contributed by atoms with Crippen molar-refractivity contribution in [2.24, 2.45) is 11.0 Å². The fourth-order valence-electron chi connectivity index (χ4n) is 1.50. The van der Waals surface area contributed by atoms with Gasteiger partial charge >= 0.3 is 0 Å². The molecule has 1 aliphatic rings. The predicted molar refractivity (Wildman–Crippen MR) is 52.7 cm³/mol. The smallest absolute Gasteiger partial charge is 0.160 e. The average molecular weight is 199 g/mol. The molecular formula is C9H17N3O2. The third kappa shape index (κ3) is 3.96. The fraction of sp³-hybridized carbons (Fsp3) is 1.00. The van der Waals surface area contributed by atoms with E-state index in [9.17, 15) is 0 Å². The second-order valence-corrected chi connectivity index (χ2v) is 3.54. The summed E-state index contributed by atoms with van der Waals surface area (Å²) in [5.74, 6) is 0.379. The van der Waals surface area contributed by atoms with E-state index >= 15 is 0 Å². The Morgan fingerprint density at radius 3 is 2.86 bits per heavy atom. The first kappa shape index (κ1) is 11.3. The van der Waals surface area contributed by atoms with Gasteiger partial charge in [0.25, 0.3) is 0 Å². The highest BCUT2D eigenvalue weighted by atomic mass is 16.7. The molecule has 0 amide bonds. The highest BCUT2D eigenvalue weighted by molar-refractivity contribution is 4.62. The van der Waals surface area contributed by atoms with Gasteiger partial charge in [-0.3, -0.25) is 0 Å². The molecule has 0 aromatic carbocycles. The Morgan fingerprint density at radius 2 is 2.21 bits per heavy atom. The highest BCUT2D eigenvalue weighted by Crippen LogP contribution is 2.18. The molecule has 0 spiro atoms. The lowest BCUT2D eigenvalue weighted by Crippen LogP contribution is -2.30. The normalized spacial score (nSPS) is 20.1. The minimum atomic E-state index is -0.0604. The van der Waals surface area contributed by atoms with Gasteiger partial charge in [0.15, 0.2) is 6.29 Å². The molecule has 1 unspecified atom stereocenters. The summed E-state index contributed by atoms with van der Waals surface area (Å²) in [5, 5.41) is 3.49. The first-order chi connectivity index (χ1) is 6.84. The van der Waals surface area contributed by atoms with E-state index in [2.05, 4.69) is 16.9 Å². The number of ether oxygens (including phenoxy) is 2. The van der Waals surface area contributed by atoms with Crippen molar-refractivity contribution in [2.45, 2.75) is 32.5 Å². The molecule has 14 heavy (non-hydrogen) atoms. The van der Waals surface area contributed by atoms with Crippen molar-refractivity contribution in [1.82, 2.24) is 0 Å². The molecule has 1 rings (SSSR count). The molecule has 80 valence electrons. The van der Waals surface area contributed by atoms with Crippen molar-refractivity contribution in [3.63, 3.8) is 0 Å². The maximum absolute atomic E-state index is 8.09. The van der Waals surface area contributed by atoms with E-state index in [0.29, 0.717) is 12.5 Å². The van der Waals surface area contributed by atoms with Crippen LogP contribution >= 0.6 is 0 Å². The Morgan fingerprint density at radius 1 is 1.50 bits per heavy atom. The van der Waals surface area contributed by atoms with Crippen LogP contribution in [0.2, 0.25) is 0 Å². The lowest BCUT2D eigenvalue weighted by atomic mass is 10.0. The van der Waals surface area contributed by atoms with Crippen molar-refractivity contribution in [3.8, 4) is 0 Å². The van der Waals surface area contributed by atoms with E-state index in [0.717, 1.165) is 32.5 Å². The molecule has 1 atom stereocenters. The van der Waals surface area contributed by atoms with E-state index in [1.54, 1.807) is 0 Å². The summed E-state index contributed by atoms with van der Waals surface area (Å²) in [6.07, 6.45) is 2.80.